The molecule has 1 rings (SSSR count). The molecule has 0 radical (unpaired) electrons. The molecule has 0 saturated heterocycles. The van der Waals surface area contributed by atoms with Crippen molar-refractivity contribution in [2.45, 2.75) is 0 Å². The minimum Gasteiger partial charge on any atom is -0.397 e. The third-order valence-electron chi connectivity index (χ3n) is 1.15. The number of rotatable bonds is 0. The maximum atomic E-state index is 12.9. The Hall–Kier alpha value is 0.200. The van der Waals surface area contributed by atoms with Gasteiger partial charge in [0, 0.05) is 4.47 Å². The second kappa shape index (κ2) is 3.29. The number of anilines is 1. The lowest BCUT2D eigenvalue weighted by Gasteiger charge is -2.03. The molecule has 0 fully saturated rings. The van der Waals surface area contributed by atoms with E-state index in [1.807, 2.05) is 0 Å². The van der Waals surface area contributed by atoms with Crippen molar-refractivity contribution >= 4 is 49.1 Å². The van der Waals surface area contributed by atoms with Crippen molar-refractivity contribution in [3.8, 4) is 0 Å². The Labute approximate surface area is 85.0 Å². The Bertz CT molecular complexity index is 277. The highest BCUT2D eigenvalue weighted by molar-refractivity contribution is 9.11. The Morgan fingerprint density at radius 1 is 1.36 bits per heavy atom. The first-order valence-electron chi connectivity index (χ1n) is 2.62. The fraction of sp³-hybridized carbons (Fsp3) is 0. The third kappa shape index (κ3) is 1.68. The maximum absolute atomic E-state index is 12.9. The van der Waals surface area contributed by atoms with Crippen LogP contribution in [0, 0.1) is 5.82 Å². The highest BCUT2D eigenvalue weighted by atomic mass is 79.9. The molecular formula is C6H3Br2ClFN. The lowest BCUT2D eigenvalue weighted by atomic mass is 10.3. The van der Waals surface area contributed by atoms with Gasteiger partial charge in [-0.2, -0.15) is 0 Å². The van der Waals surface area contributed by atoms with Gasteiger partial charge in [-0.3, -0.25) is 0 Å². The molecule has 0 aromatic heterocycles. The molecule has 0 saturated carbocycles. The fourth-order valence-electron chi connectivity index (χ4n) is 0.580. The molecule has 0 atom stereocenters. The number of hydrogen-bond donors (Lipinski definition) is 1. The first-order chi connectivity index (χ1) is 5.04. The van der Waals surface area contributed by atoms with E-state index in [1.165, 1.54) is 6.07 Å². The van der Waals surface area contributed by atoms with Crippen LogP contribution in [0.3, 0.4) is 0 Å². The van der Waals surface area contributed by atoms with Gasteiger partial charge in [-0.1, -0.05) is 11.6 Å². The standard InChI is InChI=1S/C6H3Br2ClFN/c7-2-1-3(8)6(11)4(9)5(2)10/h1H,11H2. The summed E-state index contributed by atoms with van der Waals surface area (Å²) in [6.07, 6.45) is 0. The summed E-state index contributed by atoms with van der Waals surface area (Å²) in [7, 11) is 0. The van der Waals surface area contributed by atoms with Gasteiger partial charge in [0.15, 0.2) is 5.82 Å². The van der Waals surface area contributed by atoms with Gasteiger partial charge in [0.05, 0.1) is 10.2 Å². The molecule has 60 valence electrons. The summed E-state index contributed by atoms with van der Waals surface area (Å²) in [6.45, 7) is 0. The Morgan fingerprint density at radius 3 is 2.45 bits per heavy atom. The van der Waals surface area contributed by atoms with E-state index in [2.05, 4.69) is 31.9 Å². The number of benzene rings is 1. The molecule has 1 aromatic rings. The van der Waals surface area contributed by atoms with Gasteiger partial charge in [0.2, 0.25) is 0 Å². The van der Waals surface area contributed by atoms with Crippen LogP contribution in [0.4, 0.5) is 10.1 Å². The van der Waals surface area contributed by atoms with E-state index in [-0.39, 0.29) is 10.7 Å². The second-order valence-corrected chi connectivity index (χ2v) is 3.97. The fourth-order valence-corrected chi connectivity index (χ4v) is 2.17. The molecule has 1 nitrogen and oxygen atoms in total. The van der Waals surface area contributed by atoms with Crippen molar-refractivity contribution in [1.29, 1.82) is 0 Å². The number of hydrogen-bond acceptors (Lipinski definition) is 1. The molecule has 11 heavy (non-hydrogen) atoms. The average Bonchev–Trinajstić information content (AvgIpc) is 1.97. The number of nitrogens with two attached hydrogens (primary N) is 1. The summed E-state index contributed by atoms with van der Waals surface area (Å²) in [5.41, 5.74) is 5.63. The van der Waals surface area contributed by atoms with Gasteiger partial charge in [-0.25, -0.2) is 4.39 Å². The Morgan fingerprint density at radius 2 is 1.91 bits per heavy atom. The Kier molecular flexibility index (Phi) is 2.78. The normalized spacial score (nSPS) is 10.2. The van der Waals surface area contributed by atoms with E-state index in [0.29, 0.717) is 8.95 Å². The number of halogens is 4. The lowest BCUT2D eigenvalue weighted by Crippen LogP contribution is -1.91. The van der Waals surface area contributed by atoms with Crippen molar-refractivity contribution < 1.29 is 4.39 Å². The third-order valence-corrected chi connectivity index (χ3v) is 2.75. The quantitative estimate of drug-likeness (QED) is 0.442. The van der Waals surface area contributed by atoms with Crippen LogP contribution in [-0.4, -0.2) is 0 Å². The van der Waals surface area contributed by atoms with Gasteiger partial charge >= 0.3 is 0 Å². The summed E-state index contributed by atoms with van der Waals surface area (Å²) >= 11 is 11.6. The van der Waals surface area contributed by atoms with E-state index in [4.69, 9.17) is 17.3 Å². The minimum absolute atomic E-state index is 0.0637. The SMILES string of the molecule is Nc1c(Br)cc(Br)c(F)c1Cl. The predicted molar refractivity (Wildman–Crippen MR) is 51.2 cm³/mol. The van der Waals surface area contributed by atoms with Crippen LogP contribution < -0.4 is 5.73 Å². The Balaban J connectivity index is 3.46. The van der Waals surface area contributed by atoms with Gasteiger partial charge in [-0.15, -0.1) is 0 Å². The van der Waals surface area contributed by atoms with Crippen molar-refractivity contribution in [2.24, 2.45) is 0 Å². The van der Waals surface area contributed by atoms with E-state index < -0.39 is 5.82 Å². The van der Waals surface area contributed by atoms with Gasteiger partial charge in [-0.05, 0) is 37.9 Å². The monoisotopic (exact) mass is 301 g/mol. The first-order valence-corrected chi connectivity index (χ1v) is 4.59. The largest absolute Gasteiger partial charge is 0.397 e. The summed E-state index contributed by atoms with van der Waals surface area (Å²) in [5.74, 6) is -0.535. The zero-order valence-corrected chi connectivity index (χ0v) is 9.09. The molecule has 0 amide bonds. The van der Waals surface area contributed by atoms with Crippen LogP contribution in [-0.2, 0) is 0 Å². The van der Waals surface area contributed by atoms with Crippen molar-refractivity contribution in [3.05, 3.63) is 25.9 Å². The van der Waals surface area contributed by atoms with Crippen molar-refractivity contribution in [1.82, 2.24) is 0 Å². The van der Waals surface area contributed by atoms with E-state index in [0.717, 1.165) is 0 Å². The van der Waals surface area contributed by atoms with Crippen LogP contribution in [0.15, 0.2) is 15.0 Å². The highest BCUT2D eigenvalue weighted by Gasteiger charge is 2.10. The predicted octanol–water partition coefficient (Wildman–Crippen LogP) is 3.59. The number of nitrogen functional groups attached to an aromatic ring is 1. The summed E-state index contributed by atoms with van der Waals surface area (Å²) < 4.78 is 13.8. The van der Waals surface area contributed by atoms with Crippen LogP contribution in [0.1, 0.15) is 0 Å². The zero-order chi connectivity index (χ0) is 8.59. The molecule has 0 aliphatic heterocycles. The van der Waals surface area contributed by atoms with E-state index in [9.17, 15) is 4.39 Å². The molecule has 0 unspecified atom stereocenters. The smallest absolute Gasteiger partial charge is 0.158 e. The minimum atomic E-state index is -0.535. The van der Waals surface area contributed by atoms with Gasteiger partial charge in [0.25, 0.3) is 0 Å². The van der Waals surface area contributed by atoms with Crippen molar-refractivity contribution in [2.75, 3.05) is 5.73 Å². The molecule has 2 N–H and O–H groups in total. The van der Waals surface area contributed by atoms with Gasteiger partial charge < -0.3 is 5.73 Å². The second-order valence-electron chi connectivity index (χ2n) is 1.88. The molecular weight excluding hydrogens is 300 g/mol. The molecule has 0 aliphatic rings. The maximum Gasteiger partial charge on any atom is 0.158 e. The molecule has 1 aromatic carbocycles. The first kappa shape index (κ1) is 9.29. The van der Waals surface area contributed by atoms with Crippen LogP contribution >= 0.6 is 43.5 Å². The van der Waals surface area contributed by atoms with Crippen molar-refractivity contribution in [3.63, 3.8) is 0 Å². The summed E-state index contributed by atoms with van der Waals surface area (Å²) in [6, 6.07) is 1.51. The van der Waals surface area contributed by atoms with E-state index in [1.54, 1.807) is 0 Å². The average molecular weight is 303 g/mol. The summed E-state index contributed by atoms with van der Waals surface area (Å²) in [5, 5.41) is -0.0637. The topological polar surface area (TPSA) is 26.0 Å². The van der Waals surface area contributed by atoms with E-state index >= 15 is 0 Å². The molecule has 5 heteroatoms. The molecule has 0 aliphatic carbocycles. The molecule has 0 spiro atoms. The van der Waals surface area contributed by atoms with Crippen LogP contribution in [0.25, 0.3) is 0 Å². The van der Waals surface area contributed by atoms with Crippen LogP contribution in [0.2, 0.25) is 5.02 Å². The molecule has 0 heterocycles. The zero-order valence-electron chi connectivity index (χ0n) is 5.17. The summed E-state index contributed by atoms with van der Waals surface area (Å²) in [4.78, 5) is 0. The lowest BCUT2D eigenvalue weighted by molar-refractivity contribution is 0.622. The molecule has 0 bridgehead atoms. The highest BCUT2D eigenvalue weighted by Crippen LogP contribution is 2.34. The van der Waals surface area contributed by atoms with Crippen LogP contribution in [0.5, 0.6) is 0 Å². The van der Waals surface area contributed by atoms with Gasteiger partial charge in [0.1, 0.15) is 5.02 Å².